The van der Waals surface area contributed by atoms with Crippen molar-refractivity contribution in [3.05, 3.63) is 71.3 Å². The molecule has 0 aromatic heterocycles. The molecular formula is C18H18F2O. The van der Waals surface area contributed by atoms with Crippen molar-refractivity contribution < 1.29 is 13.9 Å². The summed E-state index contributed by atoms with van der Waals surface area (Å²) >= 11 is 0. The van der Waals surface area contributed by atoms with Gasteiger partial charge in [-0.05, 0) is 24.5 Å². The van der Waals surface area contributed by atoms with Crippen LogP contribution in [0.3, 0.4) is 0 Å². The van der Waals surface area contributed by atoms with Crippen molar-refractivity contribution >= 4 is 0 Å². The van der Waals surface area contributed by atoms with Gasteiger partial charge in [0, 0.05) is 17.0 Å². The van der Waals surface area contributed by atoms with Gasteiger partial charge in [-0.3, -0.25) is 0 Å². The minimum Gasteiger partial charge on any atom is -0.387 e. The van der Waals surface area contributed by atoms with Gasteiger partial charge < -0.3 is 5.11 Å². The molecular weight excluding hydrogens is 270 g/mol. The molecule has 0 aliphatic heterocycles. The molecule has 110 valence electrons. The molecule has 1 unspecified atom stereocenters. The molecule has 0 radical (unpaired) electrons. The number of aliphatic hydroxyl groups excluding tert-OH is 1. The van der Waals surface area contributed by atoms with E-state index in [1.807, 2.05) is 30.3 Å². The van der Waals surface area contributed by atoms with Crippen LogP contribution in [0.5, 0.6) is 0 Å². The van der Waals surface area contributed by atoms with Crippen LogP contribution >= 0.6 is 0 Å². The Labute approximate surface area is 123 Å². The predicted octanol–water partition coefficient (Wildman–Crippen LogP) is 4.51. The van der Waals surface area contributed by atoms with Crippen LogP contribution in [0, 0.1) is 11.6 Å². The van der Waals surface area contributed by atoms with E-state index in [1.165, 1.54) is 12.1 Å². The van der Waals surface area contributed by atoms with Crippen LogP contribution in [0.1, 0.15) is 42.9 Å². The smallest absolute Gasteiger partial charge is 0.131 e. The Morgan fingerprint density at radius 2 is 1.62 bits per heavy atom. The number of rotatable bonds is 3. The topological polar surface area (TPSA) is 20.2 Å². The maximum absolute atomic E-state index is 14.0. The molecule has 1 saturated carbocycles. The summed E-state index contributed by atoms with van der Waals surface area (Å²) < 4.78 is 27.1. The molecule has 2 aromatic carbocycles. The first kappa shape index (κ1) is 14.2. The second-order valence-corrected chi connectivity index (χ2v) is 5.80. The number of hydrogen-bond acceptors (Lipinski definition) is 1. The molecule has 1 N–H and O–H groups in total. The van der Waals surface area contributed by atoms with E-state index < -0.39 is 23.2 Å². The average Bonchev–Trinajstić information content (AvgIpc) is 2.98. The largest absolute Gasteiger partial charge is 0.387 e. The Hall–Kier alpha value is -1.74. The normalized spacial score (nSPS) is 18.6. The van der Waals surface area contributed by atoms with Crippen molar-refractivity contribution in [2.24, 2.45) is 0 Å². The quantitative estimate of drug-likeness (QED) is 0.881. The van der Waals surface area contributed by atoms with E-state index in [0.29, 0.717) is 0 Å². The zero-order valence-electron chi connectivity index (χ0n) is 11.7. The van der Waals surface area contributed by atoms with Crippen molar-refractivity contribution in [3.8, 4) is 0 Å². The Morgan fingerprint density at radius 1 is 0.952 bits per heavy atom. The second-order valence-electron chi connectivity index (χ2n) is 5.80. The van der Waals surface area contributed by atoms with Gasteiger partial charge in [0.2, 0.25) is 0 Å². The fraction of sp³-hybridized carbons (Fsp3) is 0.333. The highest BCUT2D eigenvalue weighted by Gasteiger charge is 2.43. The summed E-state index contributed by atoms with van der Waals surface area (Å²) in [6.07, 6.45) is 2.69. The molecule has 1 atom stereocenters. The highest BCUT2D eigenvalue weighted by Crippen LogP contribution is 2.49. The van der Waals surface area contributed by atoms with Crippen LogP contribution in [0.15, 0.2) is 48.5 Å². The molecule has 2 aromatic rings. The third kappa shape index (κ3) is 2.46. The van der Waals surface area contributed by atoms with Gasteiger partial charge in [-0.1, -0.05) is 49.2 Å². The first-order valence-electron chi connectivity index (χ1n) is 7.32. The van der Waals surface area contributed by atoms with E-state index in [0.717, 1.165) is 37.3 Å². The molecule has 3 rings (SSSR count). The van der Waals surface area contributed by atoms with Crippen molar-refractivity contribution in [2.75, 3.05) is 0 Å². The van der Waals surface area contributed by atoms with E-state index >= 15 is 0 Å². The van der Waals surface area contributed by atoms with Crippen LogP contribution < -0.4 is 0 Å². The van der Waals surface area contributed by atoms with Crippen LogP contribution in [0.25, 0.3) is 0 Å². The Kier molecular flexibility index (Phi) is 3.77. The summed E-state index contributed by atoms with van der Waals surface area (Å²) in [7, 11) is 0. The third-order valence-electron chi connectivity index (χ3n) is 4.62. The number of halogens is 2. The van der Waals surface area contributed by atoms with Gasteiger partial charge in [-0.25, -0.2) is 8.78 Å². The Balaban J connectivity index is 2.05. The molecule has 1 aliphatic carbocycles. The number of hydrogen-bond donors (Lipinski definition) is 1. The molecule has 0 amide bonds. The van der Waals surface area contributed by atoms with Crippen LogP contribution in [-0.4, -0.2) is 5.11 Å². The van der Waals surface area contributed by atoms with E-state index in [9.17, 15) is 13.9 Å². The lowest BCUT2D eigenvalue weighted by molar-refractivity contribution is 0.0787. The monoisotopic (exact) mass is 288 g/mol. The van der Waals surface area contributed by atoms with Crippen molar-refractivity contribution in [3.63, 3.8) is 0 Å². The Morgan fingerprint density at radius 3 is 2.24 bits per heavy atom. The summed E-state index contributed by atoms with van der Waals surface area (Å²) in [5.41, 5.74) is 0.737. The molecule has 1 nitrogen and oxygen atoms in total. The van der Waals surface area contributed by atoms with Crippen molar-refractivity contribution in [1.82, 2.24) is 0 Å². The molecule has 1 aliphatic rings. The molecule has 0 bridgehead atoms. The first-order valence-corrected chi connectivity index (χ1v) is 7.32. The number of benzene rings is 2. The fourth-order valence-electron chi connectivity index (χ4n) is 3.52. The zero-order valence-corrected chi connectivity index (χ0v) is 11.7. The lowest BCUT2D eigenvalue weighted by Gasteiger charge is -2.35. The van der Waals surface area contributed by atoms with Gasteiger partial charge in [0.1, 0.15) is 11.6 Å². The summed E-state index contributed by atoms with van der Waals surface area (Å²) in [6, 6.07) is 13.2. The molecule has 1 fully saturated rings. The predicted molar refractivity (Wildman–Crippen MR) is 77.9 cm³/mol. The van der Waals surface area contributed by atoms with Crippen LogP contribution in [0.4, 0.5) is 8.78 Å². The summed E-state index contributed by atoms with van der Waals surface area (Å²) in [6.45, 7) is 0. The Bertz CT molecular complexity index is 618. The molecule has 21 heavy (non-hydrogen) atoms. The maximum atomic E-state index is 14.0. The van der Waals surface area contributed by atoms with Crippen molar-refractivity contribution in [2.45, 2.75) is 37.2 Å². The lowest BCUT2D eigenvalue weighted by atomic mass is 9.72. The zero-order chi connectivity index (χ0) is 14.9. The summed E-state index contributed by atoms with van der Waals surface area (Å²) in [4.78, 5) is 0. The summed E-state index contributed by atoms with van der Waals surface area (Å²) in [5, 5.41) is 10.8. The van der Waals surface area contributed by atoms with Gasteiger partial charge in [-0.2, -0.15) is 0 Å². The standard InChI is InChI=1S/C18H18F2O/c19-14-8-9-15(16(20)12-14)17(21)18(10-4-5-11-18)13-6-2-1-3-7-13/h1-3,6-9,12,17,21H,4-5,10-11H2. The van der Waals surface area contributed by atoms with Gasteiger partial charge >= 0.3 is 0 Å². The highest BCUT2D eigenvalue weighted by molar-refractivity contribution is 5.34. The van der Waals surface area contributed by atoms with Gasteiger partial charge in [-0.15, -0.1) is 0 Å². The lowest BCUT2D eigenvalue weighted by Crippen LogP contribution is -2.31. The summed E-state index contributed by atoms with van der Waals surface area (Å²) in [5.74, 6) is -1.30. The van der Waals surface area contributed by atoms with Gasteiger partial charge in [0.15, 0.2) is 0 Å². The maximum Gasteiger partial charge on any atom is 0.131 e. The van der Waals surface area contributed by atoms with E-state index in [1.54, 1.807) is 0 Å². The minimum absolute atomic E-state index is 0.183. The third-order valence-corrected chi connectivity index (χ3v) is 4.62. The van der Waals surface area contributed by atoms with Crippen molar-refractivity contribution in [1.29, 1.82) is 0 Å². The fourth-order valence-corrected chi connectivity index (χ4v) is 3.52. The SMILES string of the molecule is OC(c1ccc(F)cc1F)C1(c2ccccc2)CCCC1. The first-order chi connectivity index (χ1) is 10.1. The van der Waals surface area contributed by atoms with E-state index in [4.69, 9.17) is 0 Å². The number of aliphatic hydroxyl groups is 1. The minimum atomic E-state index is -0.956. The highest BCUT2D eigenvalue weighted by atomic mass is 19.1. The molecule has 0 saturated heterocycles. The molecule has 0 spiro atoms. The van der Waals surface area contributed by atoms with Gasteiger partial charge in [0.05, 0.1) is 6.10 Å². The molecule has 3 heteroatoms. The second kappa shape index (κ2) is 5.57. The molecule has 0 heterocycles. The van der Waals surface area contributed by atoms with Gasteiger partial charge in [0.25, 0.3) is 0 Å². The van der Waals surface area contributed by atoms with E-state index in [2.05, 4.69) is 0 Å². The van der Waals surface area contributed by atoms with Crippen LogP contribution in [0.2, 0.25) is 0 Å². The van der Waals surface area contributed by atoms with E-state index in [-0.39, 0.29) is 5.56 Å². The van der Waals surface area contributed by atoms with Crippen LogP contribution in [-0.2, 0) is 5.41 Å². The average molecular weight is 288 g/mol.